The summed E-state index contributed by atoms with van der Waals surface area (Å²) in [4.78, 5) is -0.338. The van der Waals surface area contributed by atoms with E-state index >= 15 is 0 Å². The van der Waals surface area contributed by atoms with E-state index in [1.54, 1.807) is 24.3 Å². The predicted molar refractivity (Wildman–Crippen MR) is 89.9 cm³/mol. The van der Waals surface area contributed by atoms with Crippen LogP contribution in [0.3, 0.4) is 0 Å². The zero-order valence-electron chi connectivity index (χ0n) is 14.2. The standard InChI is InChI=1S/C16H12FN3O3S.Na.H/c17-12-7-3-4-8-13(12)19-20-14-9-15(24(21,22)23)10-5-1-2-6-11(10)16(14)18;;/h1-9H,18H2,(H,21,22,23);;/q;+1;-1. The van der Waals surface area contributed by atoms with E-state index < -0.39 is 15.9 Å². The van der Waals surface area contributed by atoms with Crippen molar-refractivity contribution < 1.29 is 48.3 Å². The van der Waals surface area contributed by atoms with Crippen LogP contribution in [0.15, 0.2) is 69.7 Å². The fraction of sp³-hybridized carbons (Fsp3) is 0. The largest absolute Gasteiger partial charge is 1.00 e. The van der Waals surface area contributed by atoms with Gasteiger partial charge in [0, 0.05) is 10.8 Å². The van der Waals surface area contributed by atoms with Crippen molar-refractivity contribution in [2.45, 2.75) is 4.90 Å². The normalized spacial score (nSPS) is 11.6. The Morgan fingerprint density at radius 3 is 2.16 bits per heavy atom. The number of benzene rings is 3. The third-order valence-electron chi connectivity index (χ3n) is 3.42. The molecule has 0 unspecified atom stereocenters. The second kappa shape index (κ2) is 7.59. The Labute approximate surface area is 167 Å². The van der Waals surface area contributed by atoms with Gasteiger partial charge in [-0.3, -0.25) is 4.55 Å². The maximum atomic E-state index is 13.6. The molecule has 0 aromatic heterocycles. The Kier molecular flexibility index (Phi) is 5.91. The molecule has 0 amide bonds. The molecule has 0 spiro atoms. The average molecular weight is 369 g/mol. The number of fused-ring (bicyclic) bond motifs is 1. The molecule has 0 atom stereocenters. The number of nitrogens with two attached hydrogens (primary N) is 1. The minimum Gasteiger partial charge on any atom is -1.00 e. The van der Waals surface area contributed by atoms with Gasteiger partial charge in [-0.1, -0.05) is 36.4 Å². The van der Waals surface area contributed by atoms with E-state index in [0.29, 0.717) is 5.39 Å². The van der Waals surface area contributed by atoms with Crippen LogP contribution in [0.25, 0.3) is 10.8 Å². The molecule has 0 saturated heterocycles. The number of hydrogen-bond donors (Lipinski definition) is 2. The van der Waals surface area contributed by atoms with E-state index in [0.717, 1.165) is 6.07 Å². The van der Waals surface area contributed by atoms with Gasteiger partial charge in [0.05, 0.1) is 5.69 Å². The van der Waals surface area contributed by atoms with E-state index in [2.05, 4.69) is 10.2 Å². The van der Waals surface area contributed by atoms with Gasteiger partial charge >= 0.3 is 29.6 Å². The van der Waals surface area contributed by atoms with Gasteiger partial charge in [-0.25, -0.2) is 4.39 Å². The fourth-order valence-electron chi connectivity index (χ4n) is 2.29. The number of azo groups is 1. The molecule has 0 aliphatic heterocycles. The third kappa shape index (κ3) is 4.05. The van der Waals surface area contributed by atoms with Crippen LogP contribution in [0.1, 0.15) is 1.43 Å². The van der Waals surface area contributed by atoms with Gasteiger partial charge in [0.1, 0.15) is 16.3 Å². The minimum atomic E-state index is -4.49. The monoisotopic (exact) mass is 369 g/mol. The molecule has 3 aromatic rings. The summed E-state index contributed by atoms with van der Waals surface area (Å²) in [6, 6.07) is 13.3. The van der Waals surface area contributed by atoms with E-state index in [-0.39, 0.29) is 58.3 Å². The van der Waals surface area contributed by atoms with Crippen LogP contribution >= 0.6 is 0 Å². The molecule has 3 aromatic carbocycles. The van der Waals surface area contributed by atoms with Crippen molar-refractivity contribution in [2.24, 2.45) is 10.2 Å². The maximum absolute atomic E-state index is 13.6. The first-order chi connectivity index (χ1) is 11.4. The molecule has 0 heterocycles. The molecule has 124 valence electrons. The van der Waals surface area contributed by atoms with Gasteiger partial charge in [0.25, 0.3) is 10.1 Å². The third-order valence-corrected chi connectivity index (χ3v) is 4.32. The van der Waals surface area contributed by atoms with Gasteiger partial charge in [-0.05, 0) is 18.2 Å². The van der Waals surface area contributed by atoms with Crippen molar-refractivity contribution in [1.29, 1.82) is 0 Å². The first-order valence-electron chi connectivity index (χ1n) is 6.83. The Balaban J connectivity index is 0.00000169. The van der Waals surface area contributed by atoms with Crippen LogP contribution in [0, 0.1) is 5.82 Å². The first kappa shape index (κ1) is 19.5. The molecule has 0 aliphatic carbocycles. The molecule has 25 heavy (non-hydrogen) atoms. The Morgan fingerprint density at radius 1 is 0.960 bits per heavy atom. The van der Waals surface area contributed by atoms with Gasteiger partial charge in [0.15, 0.2) is 5.82 Å². The second-order valence-corrected chi connectivity index (χ2v) is 6.37. The summed E-state index contributed by atoms with van der Waals surface area (Å²) in [6.45, 7) is 0. The zero-order chi connectivity index (χ0) is 17.3. The Morgan fingerprint density at radius 2 is 1.52 bits per heavy atom. The number of anilines is 1. The molecular weight excluding hydrogens is 356 g/mol. The molecule has 0 saturated carbocycles. The molecule has 9 heteroatoms. The van der Waals surface area contributed by atoms with Gasteiger partial charge in [-0.2, -0.15) is 8.42 Å². The van der Waals surface area contributed by atoms with Gasteiger partial charge in [0.2, 0.25) is 0 Å². The fourth-order valence-corrected chi connectivity index (χ4v) is 3.00. The van der Waals surface area contributed by atoms with Crippen LogP contribution in [0.4, 0.5) is 21.5 Å². The van der Waals surface area contributed by atoms with Crippen molar-refractivity contribution in [3.8, 4) is 0 Å². The van der Waals surface area contributed by atoms with Crippen LogP contribution in [-0.4, -0.2) is 13.0 Å². The number of nitrogen functional groups attached to an aromatic ring is 1. The van der Waals surface area contributed by atoms with Crippen LogP contribution in [-0.2, 0) is 10.1 Å². The summed E-state index contributed by atoms with van der Waals surface area (Å²) in [6.07, 6.45) is 0. The summed E-state index contributed by atoms with van der Waals surface area (Å²) >= 11 is 0. The van der Waals surface area contributed by atoms with Crippen molar-refractivity contribution in [2.75, 3.05) is 5.73 Å². The van der Waals surface area contributed by atoms with Crippen LogP contribution in [0.5, 0.6) is 0 Å². The predicted octanol–water partition coefficient (Wildman–Crippen LogP) is 1.34. The quantitative estimate of drug-likeness (QED) is 0.315. The molecule has 3 N–H and O–H groups in total. The maximum Gasteiger partial charge on any atom is 1.00 e. The van der Waals surface area contributed by atoms with E-state index in [1.807, 2.05) is 0 Å². The van der Waals surface area contributed by atoms with Gasteiger partial charge in [-0.15, -0.1) is 10.2 Å². The van der Waals surface area contributed by atoms with Crippen molar-refractivity contribution in [3.05, 3.63) is 60.4 Å². The zero-order valence-corrected chi connectivity index (χ0v) is 16.0. The minimum absolute atomic E-state index is 0. The molecule has 0 bridgehead atoms. The van der Waals surface area contributed by atoms with Gasteiger partial charge < -0.3 is 7.16 Å². The van der Waals surface area contributed by atoms with E-state index in [1.165, 1.54) is 24.3 Å². The van der Waals surface area contributed by atoms with Crippen LogP contribution in [0.2, 0.25) is 0 Å². The van der Waals surface area contributed by atoms with E-state index in [9.17, 15) is 17.4 Å². The molecule has 3 rings (SSSR count). The van der Waals surface area contributed by atoms with E-state index in [4.69, 9.17) is 5.73 Å². The Hall–Kier alpha value is -1.84. The molecule has 0 radical (unpaired) electrons. The molecule has 6 nitrogen and oxygen atoms in total. The summed E-state index contributed by atoms with van der Waals surface area (Å²) in [5, 5.41) is 8.27. The SMILES string of the molecule is Nc1c(N=Nc2ccccc2F)cc(S(=O)(=O)O)c2ccccc12.[H-].[Na+]. The smallest absolute Gasteiger partial charge is 1.00 e. The second-order valence-electron chi connectivity index (χ2n) is 4.98. The molecule has 0 fully saturated rings. The average Bonchev–Trinajstić information content (AvgIpc) is 2.54. The molecular formula is C16H13FN3NaO3S. The number of hydrogen-bond acceptors (Lipinski definition) is 5. The summed E-state index contributed by atoms with van der Waals surface area (Å²) in [7, 11) is -4.49. The number of rotatable bonds is 3. The topological polar surface area (TPSA) is 105 Å². The summed E-state index contributed by atoms with van der Waals surface area (Å²) in [5.41, 5.74) is 6.19. The Bertz CT molecular complexity index is 1080. The van der Waals surface area contributed by atoms with Crippen molar-refractivity contribution in [1.82, 2.24) is 0 Å². The van der Waals surface area contributed by atoms with Crippen LogP contribution < -0.4 is 35.3 Å². The summed E-state index contributed by atoms with van der Waals surface area (Å²) < 4.78 is 46.3. The van der Waals surface area contributed by atoms with Crippen molar-refractivity contribution >= 4 is 38.0 Å². The molecule has 0 aliphatic rings. The summed E-state index contributed by atoms with van der Waals surface area (Å²) in [5.74, 6) is -0.574. The first-order valence-corrected chi connectivity index (χ1v) is 8.27. The number of halogens is 1. The van der Waals surface area contributed by atoms with Crippen molar-refractivity contribution in [3.63, 3.8) is 0 Å². The number of nitrogens with zero attached hydrogens (tertiary/aromatic N) is 2.